The van der Waals surface area contributed by atoms with Crippen molar-refractivity contribution < 1.29 is 9.72 Å². The van der Waals surface area contributed by atoms with Crippen LogP contribution in [0.2, 0.25) is 0 Å². The Labute approximate surface area is 110 Å². The van der Waals surface area contributed by atoms with Crippen LogP contribution in [0.25, 0.3) is 0 Å². The molecule has 7 heteroatoms. The molecule has 7 nitrogen and oxygen atoms in total. The fraction of sp³-hybridized carbons (Fsp3) is 0.417. The van der Waals surface area contributed by atoms with E-state index in [4.69, 9.17) is 5.84 Å². The van der Waals surface area contributed by atoms with Crippen molar-refractivity contribution >= 4 is 17.3 Å². The first-order chi connectivity index (χ1) is 8.95. The number of hydrazine groups is 1. The number of nitrogen functional groups attached to an aromatic ring is 1. The quantitative estimate of drug-likeness (QED) is 0.423. The first-order valence-electron chi connectivity index (χ1n) is 5.98. The lowest BCUT2D eigenvalue weighted by molar-refractivity contribution is -0.385. The van der Waals surface area contributed by atoms with Gasteiger partial charge in [0, 0.05) is 18.3 Å². The van der Waals surface area contributed by atoms with Crippen LogP contribution < -0.4 is 16.6 Å². The molecule has 102 valence electrons. The number of nitrogens with two attached hydrogens (primary N) is 1. The summed E-state index contributed by atoms with van der Waals surface area (Å²) in [5, 5.41) is 13.6. The average Bonchev–Trinajstić information content (AvgIpc) is 3.13. The minimum atomic E-state index is -0.575. The lowest BCUT2D eigenvalue weighted by Crippen LogP contribution is -2.29. The Hall–Kier alpha value is -2.15. The van der Waals surface area contributed by atoms with Gasteiger partial charge in [-0.15, -0.1) is 0 Å². The Kier molecular flexibility index (Phi) is 3.39. The molecule has 1 aromatic carbocycles. The molecule has 1 saturated carbocycles. The maximum absolute atomic E-state index is 12.0. The number of nitrogens with zero attached hydrogens (tertiary/aromatic N) is 1. The standard InChI is InChI=1S/C12H16N4O3/c1-12(4-5-12)7-14-11(17)9-6-8(15-13)2-3-10(9)16(18)19/h2-3,6,15H,4-5,7,13H2,1H3,(H,14,17). The second-order valence-corrected chi connectivity index (χ2v) is 5.13. The predicted octanol–water partition coefficient (Wildman–Crippen LogP) is 1.41. The highest BCUT2D eigenvalue weighted by molar-refractivity contribution is 5.99. The fourth-order valence-electron chi connectivity index (χ4n) is 1.75. The second-order valence-electron chi connectivity index (χ2n) is 5.13. The minimum absolute atomic E-state index is 0.0182. The molecule has 0 unspecified atom stereocenters. The normalized spacial score (nSPS) is 15.7. The van der Waals surface area contributed by atoms with Crippen molar-refractivity contribution in [2.24, 2.45) is 11.3 Å². The molecule has 0 aromatic heterocycles. The van der Waals surface area contributed by atoms with Crippen LogP contribution in [-0.2, 0) is 0 Å². The molecular weight excluding hydrogens is 248 g/mol. The minimum Gasteiger partial charge on any atom is -0.351 e. The summed E-state index contributed by atoms with van der Waals surface area (Å²) in [6.07, 6.45) is 2.14. The molecular formula is C12H16N4O3. The summed E-state index contributed by atoms with van der Waals surface area (Å²) in [4.78, 5) is 22.4. The van der Waals surface area contributed by atoms with Gasteiger partial charge in [0.1, 0.15) is 5.56 Å². The van der Waals surface area contributed by atoms with Crippen molar-refractivity contribution in [3.05, 3.63) is 33.9 Å². The largest absolute Gasteiger partial charge is 0.351 e. The van der Waals surface area contributed by atoms with E-state index in [0.717, 1.165) is 12.8 Å². The summed E-state index contributed by atoms with van der Waals surface area (Å²) in [6.45, 7) is 2.60. The first-order valence-corrected chi connectivity index (χ1v) is 5.98. The molecule has 0 spiro atoms. The lowest BCUT2D eigenvalue weighted by atomic mass is 10.1. The smallest absolute Gasteiger partial charge is 0.282 e. The Balaban J connectivity index is 2.20. The zero-order valence-corrected chi connectivity index (χ0v) is 10.6. The number of amides is 1. The molecule has 2 rings (SSSR count). The van der Waals surface area contributed by atoms with Crippen molar-refractivity contribution in [1.29, 1.82) is 0 Å². The molecule has 0 radical (unpaired) electrons. The van der Waals surface area contributed by atoms with Crippen molar-refractivity contribution in [3.63, 3.8) is 0 Å². The van der Waals surface area contributed by atoms with Gasteiger partial charge in [0.2, 0.25) is 0 Å². The summed E-state index contributed by atoms with van der Waals surface area (Å²) in [5.41, 5.74) is 2.76. The molecule has 0 saturated heterocycles. The fourth-order valence-corrected chi connectivity index (χ4v) is 1.75. The van der Waals surface area contributed by atoms with E-state index in [0.29, 0.717) is 12.2 Å². The monoisotopic (exact) mass is 264 g/mol. The van der Waals surface area contributed by atoms with Crippen LogP contribution in [0.3, 0.4) is 0 Å². The molecule has 19 heavy (non-hydrogen) atoms. The van der Waals surface area contributed by atoms with Crippen molar-refractivity contribution in [2.75, 3.05) is 12.0 Å². The van der Waals surface area contributed by atoms with Crippen LogP contribution >= 0.6 is 0 Å². The van der Waals surface area contributed by atoms with Crippen molar-refractivity contribution in [2.45, 2.75) is 19.8 Å². The highest BCUT2D eigenvalue weighted by Crippen LogP contribution is 2.44. The Morgan fingerprint density at radius 2 is 2.21 bits per heavy atom. The third kappa shape index (κ3) is 3.00. The van der Waals surface area contributed by atoms with Crippen LogP contribution in [0.1, 0.15) is 30.1 Å². The zero-order valence-electron chi connectivity index (χ0n) is 10.6. The summed E-state index contributed by atoms with van der Waals surface area (Å²) in [6, 6.07) is 4.10. The number of nitrogens with one attached hydrogen (secondary N) is 2. The van der Waals surface area contributed by atoms with Crippen molar-refractivity contribution in [3.8, 4) is 0 Å². The van der Waals surface area contributed by atoms with Crippen LogP contribution in [0.4, 0.5) is 11.4 Å². The average molecular weight is 264 g/mol. The molecule has 0 bridgehead atoms. The van der Waals surface area contributed by atoms with Gasteiger partial charge in [-0.3, -0.25) is 20.8 Å². The van der Waals surface area contributed by atoms with Gasteiger partial charge in [0.15, 0.2) is 0 Å². The number of carbonyl (C=O) groups excluding carboxylic acids is 1. The van der Waals surface area contributed by atoms with Crippen molar-refractivity contribution in [1.82, 2.24) is 5.32 Å². The molecule has 0 atom stereocenters. The maximum Gasteiger partial charge on any atom is 0.282 e. The summed E-state index contributed by atoms with van der Waals surface area (Å²) >= 11 is 0. The highest BCUT2D eigenvalue weighted by Gasteiger charge is 2.37. The summed E-state index contributed by atoms with van der Waals surface area (Å²) in [7, 11) is 0. The van der Waals surface area contributed by atoms with Gasteiger partial charge in [-0.25, -0.2) is 0 Å². The van der Waals surface area contributed by atoms with E-state index in [1.807, 2.05) is 0 Å². The molecule has 1 aliphatic carbocycles. The van der Waals surface area contributed by atoms with Crippen LogP contribution in [0, 0.1) is 15.5 Å². The van der Waals surface area contributed by atoms with Gasteiger partial charge in [-0.05, 0) is 30.4 Å². The SMILES string of the molecule is CC1(CNC(=O)c2cc(NN)ccc2[N+](=O)[O-])CC1. The van der Waals surface area contributed by atoms with Gasteiger partial charge in [-0.1, -0.05) is 6.92 Å². The van der Waals surface area contributed by atoms with Gasteiger partial charge in [-0.2, -0.15) is 0 Å². The Bertz CT molecular complexity index is 526. The van der Waals surface area contributed by atoms with Gasteiger partial charge in [0.05, 0.1) is 4.92 Å². The first kappa shape index (κ1) is 13.3. The maximum atomic E-state index is 12.0. The second kappa shape index (κ2) is 4.85. The Morgan fingerprint density at radius 1 is 1.53 bits per heavy atom. The third-order valence-corrected chi connectivity index (χ3v) is 3.38. The number of rotatable bonds is 5. The van der Waals surface area contributed by atoms with Crippen LogP contribution in [-0.4, -0.2) is 17.4 Å². The lowest BCUT2D eigenvalue weighted by Gasteiger charge is -2.11. The van der Waals surface area contributed by atoms with E-state index < -0.39 is 10.8 Å². The van der Waals surface area contributed by atoms with Crippen LogP contribution in [0.15, 0.2) is 18.2 Å². The highest BCUT2D eigenvalue weighted by atomic mass is 16.6. The number of nitro groups is 1. The van der Waals surface area contributed by atoms with E-state index in [9.17, 15) is 14.9 Å². The van der Waals surface area contributed by atoms with Gasteiger partial charge in [0.25, 0.3) is 11.6 Å². The molecule has 1 aromatic rings. The summed E-state index contributed by atoms with van der Waals surface area (Å²) < 4.78 is 0. The number of nitro benzene ring substituents is 1. The number of hydrogen-bond donors (Lipinski definition) is 3. The molecule has 0 heterocycles. The number of benzene rings is 1. The van der Waals surface area contributed by atoms with E-state index in [1.54, 1.807) is 0 Å². The third-order valence-electron chi connectivity index (χ3n) is 3.38. The molecule has 1 fully saturated rings. The molecule has 1 aliphatic rings. The Morgan fingerprint density at radius 3 is 2.74 bits per heavy atom. The summed E-state index contributed by atoms with van der Waals surface area (Å²) in [5.74, 6) is 4.80. The number of anilines is 1. The molecule has 1 amide bonds. The zero-order chi connectivity index (χ0) is 14.0. The van der Waals surface area contributed by atoms with E-state index in [-0.39, 0.29) is 16.7 Å². The number of carbonyl (C=O) groups is 1. The van der Waals surface area contributed by atoms with Gasteiger partial charge >= 0.3 is 0 Å². The number of hydrogen-bond acceptors (Lipinski definition) is 5. The molecule has 4 N–H and O–H groups in total. The topological polar surface area (TPSA) is 110 Å². The van der Waals surface area contributed by atoms with E-state index in [2.05, 4.69) is 17.7 Å². The van der Waals surface area contributed by atoms with Crippen LogP contribution in [0.5, 0.6) is 0 Å². The van der Waals surface area contributed by atoms with E-state index in [1.165, 1.54) is 18.2 Å². The molecule has 0 aliphatic heterocycles. The van der Waals surface area contributed by atoms with Gasteiger partial charge < -0.3 is 10.7 Å². The predicted molar refractivity (Wildman–Crippen MR) is 70.6 cm³/mol. The van der Waals surface area contributed by atoms with E-state index >= 15 is 0 Å².